The lowest BCUT2D eigenvalue weighted by molar-refractivity contribution is 0.00508. The monoisotopic (exact) mass is 227 g/mol. The molecule has 1 aliphatic rings. The standard InChI is InChI=1S/C11H11F2NO2/c12-7-1-2-9(10(13)3-7)11(16)6-14-4-8(15)5-14/h1-3,8,15H,4-6H2. The van der Waals surface area contributed by atoms with Gasteiger partial charge in [0.15, 0.2) is 5.78 Å². The van der Waals surface area contributed by atoms with Crippen LogP contribution in [0.25, 0.3) is 0 Å². The first-order valence-corrected chi connectivity index (χ1v) is 4.95. The van der Waals surface area contributed by atoms with Crippen LogP contribution >= 0.6 is 0 Å². The van der Waals surface area contributed by atoms with E-state index in [0.717, 1.165) is 12.1 Å². The van der Waals surface area contributed by atoms with E-state index in [9.17, 15) is 13.6 Å². The average molecular weight is 227 g/mol. The van der Waals surface area contributed by atoms with Crippen LogP contribution in [0.5, 0.6) is 0 Å². The normalized spacial score (nSPS) is 17.2. The van der Waals surface area contributed by atoms with Crippen molar-refractivity contribution in [3.8, 4) is 0 Å². The number of hydrogen-bond donors (Lipinski definition) is 1. The number of aliphatic hydroxyl groups excluding tert-OH is 1. The number of Topliss-reactive ketones (excluding diaryl/α,β-unsaturated/α-hetero) is 1. The number of nitrogens with zero attached hydrogens (tertiary/aromatic N) is 1. The SMILES string of the molecule is O=C(CN1CC(O)C1)c1ccc(F)cc1F. The van der Waals surface area contributed by atoms with Crippen LogP contribution in [0.2, 0.25) is 0 Å². The van der Waals surface area contributed by atoms with Crippen LogP contribution in [0.3, 0.4) is 0 Å². The highest BCUT2D eigenvalue weighted by Crippen LogP contribution is 2.13. The predicted molar refractivity (Wildman–Crippen MR) is 53.1 cm³/mol. The van der Waals surface area contributed by atoms with Gasteiger partial charge in [0.05, 0.1) is 18.2 Å². The van der Waals surface area contributed by atoms with Gasteiger partial charge in [-0.1, -0.05) is 0 Å². The predicted octanol–water partition coefficient (Wildman–Crippen LogP) is 0.824. The number of benzene rings is 1. The number of carbonyl (C=O) groups excluding carboxylic acids is 1. The van der Waals surface area contributed by atoms with Gasteiger partial charge in [0, 0.05) is 19.2 Å². The number of rotatable bonds is 3. The Labute approximate surface area is 91.3 Å². The summed E-state index contributed by atoms with van der Waals surface area (Å²) in [4.78, 5) is 13.3. The summed E-state index contributed by atoms with van der Waals surface area (Å²) in [6.45, 7) is 0.905. The molecule has 86 valence electrons. The molecule has 1 aromatic rings. The molecule has 1 aromatic carbocycles. The lowest BCUT2D eigenvalue weighted by Crippen LogP contribution is -2.52. The highest BCUT2D eigenvalue weighted by atomic mass is 19.1. The van der Waals surface area contributed by atoms with Gasteiger partial charge < -0.3 is 5.11 Å². The average Bonchev–Trinajstić information content (AvgIpc) is 2.15. The zero-order valence-electron chi connectivity index (χ0n) is 8.49. The summed E-state index contributed by atoms with van der Waals surface area (Å²) in [5.74, 6) is -1.94. The highest BCUT2D eigenvalue weighted by molar-refractivity contribution is 5.97. The Morgan fingerprint density at radius 2 is 2.12 bits per heavy atom. The molecule has 1 saturated heterocycles. The fourth-order valence-corrected chi connectivity index (χ4v) is 1.68. The van der Waals surface area contributed by atoms with E-state index in [1.165, 1.54) is 0 Å². The number of likely N-dealkylation sites (tertiary alicyclic amines) is 1. The lowest BCUT2D eigenvalue weighted by atomic mass is 10.1. The van der Waals surface area contributed by atoms with Crippen molar-refractivity contribution in [1.82, 2.24) is 4.90 Å². The molecule has 5 heteroatoms. The molecule has 0 spiro atoms. The van der Waals surface area contributed by atoms with Crippen LogP contribution in [0.15, 0.2) is 18.2 Å². The molecule has 0 amide bonds. The number of β-amino-alcohol motifs (C(OH)–C–C–N with tert-alkyl or cyclic N) is 1. The van der Waals surface area contributed by atoms with Crippen LogP contribution in [-0.2, 0) is 0 Å². The van der Waals surface area contributed by atoms with Crippen molar-refractivity contribution >= 4 is 5.78 Å². The molecule has 0 aliphatic carbocycles. The maximum atomic E-state index is 13.2. The maximum absolute atomic E-state index is 13.2. The fourth-order valence-electron chi connectivity index (χ4n) is 1.68. The molecule has 2 rings (SSSR count). The second kappa shape index (κ2) is 4.27. The van der Waals surface area contributed by atoms with Crippen molar-refractivity contribution in [2.24, 2.45) is 0 Å². The number of halogens is 2. The summed E-state index contributed by atoms with van der Waals surface area (Å²) < 4.78 is 25.8. The molecule has 16 heavy (non-hydrogen) atoms. The van der Waals surface area contributed by atoms with E-state index in [4.69, 9.17) is 5.11 Å². The minimum absolute atomic E-state index is 0.0552. The summed E-state index contributed by atoms with van der Waals surface area (Å²) >= 11 is 0. The minimum Gasteiger partial charge on any atom is -0.390 e. The summed E-state index contributed by atoms with van der Waals surface area (Å²) in [6.07, 6.45) is -0.397. The first-order chi connectivity index (χ1) is 7.56. The van der Waals surface area contributed by atoms with E-state index < -0.39 is 23.5 Å². The van der Waals surface area contributed by atoms with Gasteiger partial charge in [0.1, 0.15) is 11.6 Å². The largest absolute Gasteiger partial charge is 0.390 e. The van der Waals surface area contributed by atoms with Crippen LogP contribution in [-0.4, -0.2) is 41.5 Å². The Morgan fingerprint density at radius 3 is 2.69 bits per heavy atom. The van der Waals surface area contributed by atoms with E-state index in [1.807, 2.05) is 0 Å². The third-order valence-electron chi connectivity index (χ3n) is 2.54. The summed E-state index contributed by atoms with van der Waals surface area (Å²) in [6, 6.07) is 2.89. The number of carbonyl (C=O) groups is 1. The first-order valence-electron chi connectivity index (χ1n) is 4.95. The number of aliphatic hydroxyl groups is 1. The molecule has 0 saturated carbocycles. The highest BCUT2D eigenvalue weighted by Gasteiger charge is 2.27. The summed E-state index contributed by atoms with van der Waals surface area (Å²) in [7, 11) is 0. The van der Waals surface area contributed by atoms with Crippen molar-refractivity contribution in [2.75, 3.05) is 19.6 Å². The molecule has 0 bridgehead atoms. The quantitative estimate of drug-likeness (QED) is 0.777. The fraction of sp³-hybridized carbons (Fsp3) is 0.364. The van der Waals surface area contributed by atoms with E-state index >= 15 is 0 Å². The third kappa shape index (κ3) is 2.25. The zero-order valence-corrected chi connectivity index (χ0v) is 8.49. The Bertz CT molecular complexity index is 416. The van der Waals surface area contributed by atoms with Crippen molar-refractivity contribution in [2.45, 2.75) is 6.10 Å². The molecular weight excluding hydrogens is 216 g/mol. The van der Waals surface area contributed by atoms with Crippen LogP contribution < -0.4 is 0 Å². The van der Waals surface area contributed by atoms with Gasteiger partial charge in [0.25, 0.3) is 0 Å². The number of hydrogen-bond acceptors (Lipinski definition) is 3. The Hall–Kier alpha value is -1.33. The molecule has 1 heterocycles. The summed E-state index contributed by atoms with van der Waals surface area (Å²) in [5.41, 5.74) is -0.109. The summed E-state index contributed by atoms with van der Waals surface area (Å²) in [5, 5.41) is 9.02. The third-order valence-corrected chi connectivity index (χ3v) is 2.54. The zero-order chi connectivity index (χ0) is 11.7. The topological polar surface area (TPSA) is 40.5 Å². The van der Waals surface area contributed by atoms with Gasteiger partial charge >= 0.3 is 0 Å². The van der Waals surface area contributed by atoms with E-state index in [1.54, 1.807) is 4.90 Å². The van der Waals surface area contributed by atoms with Crippen LogP contribution in [0.4, 0.5) is 8.78 Å². The van der Waals surface area contributed by atoms with Gasteiger partial charge in [-0.2, -0.15) is 0 Å². The smallest absolute Gasteiger partial charge is 0.179 e. The number of ketones is 1. The van der Waals surface area contributed by atoms with Crippen LogP contribution in [0.1, 0.15) is 10.4 Å². The van der Waals surface area contributed by atoms with Gasteiger partial charge in [-0.05, 0) is 12.1 Å². The molecule has 3 nitrogen and oxygen atoms in total. The molecule has 0 aromatic heterocycles. The van der Waals surface area contributed by atoms with Gasteiger partial charge in [0.2, 0.25) is 0 Å². The maximum Gasteiger partial charge on any atom is 0.179 e. The second-order valence-electron chi connectivity index (χ2n) is 3.90. The van der Waals surface area contributed by atoms with Crippen molar-refractivity contribution in [3.63, 3.8) is 0 Å². The van der Waals surface area contributed by atoms with E-state index in [2.05, 4.69) is 0 Å². The molecule has 0 radical (unpaired) electrons. The molecule has 1 fully saturated rings. The van der Waals surface area contributed by atoms with Crippen molar-refractivity contribution in [1.29, 1.82) is 0 Å². The molecule has 1 aliphatic heterocycles. The Kier molecular flexibility index (Phi) is 2.98. The minimum atomic E-state index is -0.842. The van der Waals surface area contributed by atoms with Crippen molar-refractivity contribution < 1.29 is 18.7 Å². The Morgan fingerprint density at radius 1 is 1.44 bits per heavy atom. The van der Waals surface area contributed by atoms with E-state index in [0.29, 0.717) is 19.2 Å². The Balaban J connectivity index is 2.03. The van der Waals surface area contributed by atoms with Gasteiger partial charge in [-0.15, -0.1) is 0 Å². The molecule has 0 atom stereocenters. The van der Waals surface area contributed by atoms with Crippen LogP contribution in [0, 0.1) is 11.6 Å². The van der Waals surface area contributed by atoms with Gasteiger partial charge in [-0.25, -0.2) is 8.78 Å². The molecule has 1 N–H and O–H groups in total. The van der Waals surface area contributed by atoms with E-state index in [-0.39, 0.29) is 12.1 Å². The van der Waals surface area contributed by atoms with Gasteiger partial charge in [-0.3, -0.25) is 9.69 Å². The molecule has 0 unspecified atom stereocenters. The first kappa shape index (κ1) is 11.2. The molecular formula is C11H11F2NO2. The van der Waals surface area contributed by atoms with Crippen molar-refractivity contribution in [3.05, 3.63) is 35.4 Å². The second-order valence-corrected chi connectivity index (χ2v) is 3.90. The lowest BCUT2D eigenvalue weighted by Gasteiger charge is -2.35.